The molecule has 0 aliphatic rings. The van der Waals surface area contributed by atoms with Gasteiger partial charge in [0.1, 0.15) is 11.3 Å². The van der Waals surface area contributed by atoms with Gasteiger partial charge in [0.25, 0.3) is 0 Å². The minimum Gasteiger partial charge on any atom is -0.328 e. The summed E-state index contributed by atoms with van der Waals surface area (Å²) in [5.74, 6) is 1.63. The summed E-state index contributed by atoms with van der Waals surface area (Å²) < 4.78 is 2.27. The lowest BCUT2D eigenvalue weighted by Gasteiger charge is -2.09. The Hall–Kier alpha value is -1.87. The van der Waals surface area contributed by atoms with E-state index >= 15 is 0 Å². The first kappa shape index (κ1) is 14.1. The number of alkyl halides is 1. The maximum atomic E-state index is 5.90. The van der Waals surface area contributed by atoms with E-state index in [2.05, 4.69) is 45.7 Å². The van der Waals surface area contributed by atoms with Crippen LogP contribution >= 0.6 is 11.6 Å². The summed E-state index contributed by atoms with van der Waals surface area (Å²) in [5, 5.41) is 0. The highest BCUT2D eigenvalue weighted by Crippen LogP contribution is 2.17. The fourth-order valence-electron chi connectivity index (χ4n) is 2.67. The molecule has 2 aromatic heterocycles. The molecule has 21 heavy (non-hydrogen) atoms. The lowest BCUT2D eigenvalue weighted by molar-refractivity contribution is 0.674. The Bertz CT molecular complexity index is 749. The monoisotopic (exact) mass is 299 g/mol. The number of nitrogens with zero attached hydrogens (tertiary/aromatic N) is 3. The first-order chi connectivity index (χ1) is 10.3. The summed E-state index contributed by atoms with van der Waals surface area (Å²) in [4.78, 5) is 8.80. The van der Waals surface area contributed by atoms with E-state index in [0.29, 0.717) is 5.88 Å². The van der Waals surface area contributed by atoms with Crippen LogP contribution in [0.2, 0.25) is 0 Å². The predicted octanol–water partition coefficient (Wildman–Crippen LogP) is 3.76. The van der Waals surface area contributed by atoms with Crippen molar-refractivity contribution >= 4 is 22.6 Å². The van der Waals surface area contributed by atoms with Crippen LogP contribution in [0.1, 0.15) is 17.0 Å². The fraction of sp³-hybridized carbons (Fsp3) is 0.294. The maximum absolute atomic E-state index is 5.90. The molecule has 3 aromatic rings. The van der Waals surface area contributed by atoms with E-state index in [4.69, 9.17) is 11.6 Å². The van der Waals surface area contributed by atoms with Gasteiger partial charge in [-0.05, 0) is 25.0 Å². The lowest BCUT2D eigenvalue weighted by Crippen LogP contribution is -2.07. The molecule has 0 fully saturated rings. The second-order valence-corrected chi connectivity index (χ2v) is 5.60. The summed E-state index contributed by atoms with van der Waals surface area (Å²) in [7, 11) is 0. The third-order valence-corrected chi connectivity index (χ3v) is 3.84. The van der Waals surface area contributed by atoms with E-state index in [1.165, 1.54) is 11.1 Å². The number of imidazole rings is 1. The van der Waals surface area contributed by atoms with Gasteiger partial charge in [-0.3, -0.25) is 4.98 Å². The van der Waals surface area contributed by atoms with Gasteiger partial charge < -0.3 is 4.57 Å². The molecule has 1 aromatic carbocycles. The van der Waals surface area contributed by atoms with E-state index in [0.717, 1.165) is 36.2 Å². The number of hydrogen-bond acceptors (Lipinski definition) is 2. The van der Waals surface area contributed by atoms with E-state index < -0.39 is 0 Å². The highest BCUT2D eigenvalue weighted by Gasteiger charge is 2.10. The molecule has 0 saturated carbocycles. The fourth-order valence-corrected chi connectivity index (χ4v) is 2.83. The summed E-state index contributed by atoms with van der Waals surface area (Å²) >= 11 is 5.90. The van der Waals surface area contributed by atoms with Crippen molar-refractivity contribution in [3.8, 4) is 0 Å². The molecular weight excluding hydrogens is 282 g/mol. The van der Waals surface area contributed by atoms with Crippen LogP contribution in [0.4, 0.5) is 0 Å². The third-order valence-electron chi connectivity index (χ3n) is 3.65. The van der Waals surface area contributed by atoms with Crippen molar-refractivity contribution < 1.29 is 0 Å². The van der Waals surface area contributed by atoms with Gasteiger partial charge in [0.05, 0.1) is 11.7 Å². The van der Waals surface area contributed by atoms with Crippen molar-refractivity contribution in [3.05, 3.63) is 59.7 Å². The second kappa shape index (κ2) is 6.27. The first-order valence-electron chi connectivity index (χ1n) is 7.18. The van der Waals surface area contributed by atoms with E-state index in [-0.39, 0.29) is 0 Å². The SMILES string of the molecule is Cc1cccc(CCn2c(CCCl)nc3cnccc32)c1. The largest absolute Gasteiger partial charge is 0.328 e. The average Bonchev–Trinajstić information content (AvgIpc) is 2.83. The smallest absolute Gasteiger partial charge is 0.111 e. The number of aryl methyl sites for hydroxylation is 4. The zero-order valence-electron chi connectivity index (χ0n) is 12.1. The van der Waals surface area contributed by atoms with Crippen LogP contribution in [-0.2, 0) is 19.4 Å². The Kier molecular flexibility index (Phi) is 4.20. The number of hydrogen-bond donors (Lipinski definition) is 0. The van der Waals surface area contributed by atoms with Crippen molar-refractivity contribution in [1.82, 2.24) is 14.5 Å². The summed E-state index contributed by atoms with van der Waals surface area (Å²) in [5.41, 5.74) is 4.73. The third kappa shape index (κ3) is 3.08. The molecule has 0 atom stereocenters. The normalized spacial score (nSPS) is 11.1. The molecule has 2 heterocycles. The minimum absolute atomic E-state index is 0.585. The van der Waals surface area contributed by atoms with Crippen molar-refractivity contribution in [2.75, 3.05) is 5.88 Å². The molecule has 3 nitrogen and oxygen atoms in total. The Morgan fingerprint density at radius 2 is 2.10 bits per heavy atom. The summed E-state index contributed by atoms with van der Waals surface area (Å²) in [6, 6.07) is 10.7. The molecule has 3 rings (SSSR count). The lowest BCUT2D eigenvalue weighted by atomic mass is 10.1. The van der Waals surface area contributed by atoms with Gasteiger partial charge in [-0.2, -0.15) is 0 Å². The molecule has 0 unspecified atom stereocenters. The van der Waals surface area contributed by atoms with Gasteiger partial charge in [-0.1, -0.05) is 29.8 Å². The number of halogens is 1. The number of aromatic nitrogens is 3. The molecule has 108 valence electrons. The van der Waals surface area contributed by atoms with Crippen molar-refractivity contribution in [2.24, 2.45) is 0 Å². The zero-order chi connectivity index (χ0) is 14.7. The van der Waals surface area contributed by atoms with Gasteiger partial charge in [-0.25, -0.2) is 4.98 Å². The summed E-state index contributed by atoms with van der Waals surface area (Å²) in [6.45, 7) is 3.04. The topological polar surface area (TPSA) is 30.7 Å². The van der Waals surface area contributed by atoms with Crippen molar-refractivity contribution in [3.63, 3.8) is 0 Å². The van der Waals surface area contributed by atoms with Gasteiger partial charge >= 0.3 is 0 Å². The molecule has 0 saturated heterocycles. The van der Waals surface area contributed by atoms with Gasteiger partial charge in [-0.15, -0.1) is 11.6 Å². The molecule has 4 heteroatoms. The average molecular weight is 300 g/mol. The van der Waals surface area contributed by atoms with Crippen LogP contribution in [-0.4, -0.2) is 20.4 Å². The molecule has 0 aliphatic heterocycles. The minimum atomic E-state index is 0.585. The Balaban J connectivity index is 1.89. The predicted molar refractivity (Wildman–Crippen MR) is 86.8 cm³/mol. The zero-order valence-corrected chi connectivity index (χ0v) is 12.8. The molecular formula is C17H18ClN3. The number of pyridine rings is 1. The highest BCUT2D eigenvalue weighted by atomic mass is 35.5. The van der Waals surface area contributed by atoms with Crippen LogP contribution in [0.3, 0.4) is 0 Å². The molecule has 0 aliphatic carbocycles. The Labute approximate surface area is 129 Å². The standard InChI is InChI=1S/C17H18ClN3/c1-13-3-2-4-14(11-13)7-10-21-16-6-9-19-12-15(16)20-17(21)5-8-18/h2-4,6,9,11-12H,5,7-8,10H2,1H3. The van der Waals surface area contributed by atoms with Crippen LogP contribution in [0.15, 0.2) is 42.7 Å². The quantitative estimate of drug-likeness (QED) is 0.672. The van der Waals surface area contributed by atoms with Crippen LogP contribution in [0.25, 0.3) is 11.0 Å². The number of rotatable bonds is 5. The maximum Gasteiger partial charge on any atom is 0.111 e. The van der Waals surface area contributed by atoms with Crippen molar-refractivity contribution in [1.29, 1.82) is 0 Å². The highest BCUT2D eigenvalue weighted by molar-refractivity contribution is 6.17. The molecule has 0 bridgehead atoms. The van der Waals surface area contributed by atoms with E-state index in [9.17, 15) is 0 Å². The number of fused-ring (bicyclic) bond motifs is 1. The van der Waals surface area contributed by atoms with Crippen LogP contribution in [0, 0.1) is 6.92 Å². The molecule has 0 spiro atoms. The van der Waals surface area contributed by atoms with Crippen LogP contribution < -0.4 is 0 Å². The van der Waals surface area contributed by atoms with Gasteiger partial charge in [0.2, 0.25) is 0 Å². The number of benzene rings is 1. The van der Waals surface area contributed by atoms with Gasteiger partial charge in [0, 0.05) is 25.0 Å². The summed E-state index contributed by atoms with van der Waals surface area (Å²) in [6.07, 6.45) is 5.41. The Morgan fingerprint density at radius 1 is 1.19 bits per heavy atom. The van der Waals surface area contributed by atoms with E-state index in [1.54, 1.807) is 0 Å². The van der Waals surface area contributed by atoms with Gasteiger partial charge in [0.15, 0.2) is 0 Å². The molecule has 0 amide bonds. The van der Waals surface area contributed by atoms with E-state index in [1.807, 2.05) is 18.5 Å². The first-order valence-corrected chi connectivity index (χ1v) is 7.72. The van der Waals surface area contributed by atoms with Crippen LogP contribution in [0.5, 0.6) is 0 Å². The Morgan fingerprint density at radius 3 is 2.90 bits per heavy atom. The molecule has 0 N–H and O–H groups in total. The van der Waals surface area contributed by atoms with Crippen molar-refractivity contribution in [2.45, 2.75) is 26.3 Å². The molecule has 0 radical (unpaired) electrons. The second-order valence-electron chi connectivity index (χ2n) is 5.22.